The summed E-state index contributed by atoms with van der Waals surface area (Å²) in [5.74, 6) is 1.31. The number of likely N-dealkylation sites (tertiary alicyclic amines) is 1. The highest BCUT2D eigenvalue weighted by Crippen LogP contribution is 2.42. The number of rotatable bonds is 6. The molecule has 0 spiro atoms. The normalized spacial score (nSPS) is 15.2. The topological polar surface area (TPSA) is 86.5 Å². The van der Waals surface area contributed by atoms with Gasteiger partial charge in [0.15, 0.2) is 5.69 Å². The second-order valence-electron chi connectivity index (χ2n) is 6.14. The van der Waals surface area contributed by atoms with Crippen LogP contribution in [0.4, 0.5) is 5.69 Å². The van der Waals surface area contributed by atoms with Gasteiger partial charge in [0.25, 0.3) is 0 Å². The number of benzene rings is 2. The molecule has 26 heavy (non-hydrogen) atoms. The molecule has 2 aromatic carbocycles. The molecule has 7 nitrogen and oxygen atoms in total. The van der Waals surface area contributed by atoms with Crippen LogP contribution in [0.25, 0.3) is 11.1 Å². The van der Waals surface area contributed by atoms with E-state index in [1.165, 1.54) is 6.07 Å². The lowest BCUT2D eigenvalue weighted by Crippen LogP contribution is -2.99. The van der Waals surface area contributed by atoms with Crippen LogP contribution in [-0.4, -0.2) is 36.8 Å². The minimum absolute atomic E-state index is 0.136. The molecule has 1 atom stereocenters. The lowest BCUT2D eigenvalue weighted by Gasteiger charge is -2.21. The molecular weight excluding hydrogens is 336 g/mol. The first-order valence-electron chi connectivity index (χ1n) is 8.40. The van der Waals surface area contributed by atoms with Crippen molar-refractivity contribution in [1.29, 1.82) is 0 Å². The van der Waals surface area contributed by atoms with Crippen molar-refractivity contribution in [2.24, 2.45) is 0 Å². The molecule has 1 fully saturated rings. The van der Waals surface area contributed by atoms with Crippen molar-refractivity contribution in [3.05, 3.63) is 47.2 Å². The van der Waals surface area contributed by atoms with Gasteiger partial charge in [0.2, 0.25) is 5.91 Å². The Morgan fingerprint density at radius 2 is 2.04 bits per heavy atom. The quantitative estimate of drug-likeness (QED) is 0.770. The van der Waals surface area contributed by atoms with E-state index in [-0.39, 0.29) is 11.6 Å². The van der Waals surface area contributed by atoms with Crippen LogP contribution in [0.1, 0.15) is 18.4 Å². The van der Waals surface area contributed by atoms with Crippen molar-refractivity contribution in [3.8, 4) is 22.6 Å². The van der Waals surface area contributed by atoms with E-state index in [9.17, 15) is 15.2 Å². The van der Waals surface area contributed by atoms with Crippen molar-refractivity contribution in [2.75, 3.05) is 20.8 Å². The molecule has 7 heteroatoms. The van der Waals surface area contributed by atoms with Gasteiger partial charge in [0.1, 0.15) is 11.5 Å². The second-order valence-corrected chi connectivity index (χ2v) is 6.14. The highest BCUT2D eigenvalue weighted by atomic mass is 16.8. The van der Waals surface area contributed by atoms with Crippen molar-refractivity contribution < 1.29 is 24.7 Å². The molecule has 0 aliphatic carbocycles. The monoisotopic (exact) mass is 358 g/mol. The van der Waals surface area contributed by atoms with Crippen molar-refractivity contribution in [3.63, 3.8) is 0 Å². The third kappa shape index (κ3) is 3.50. The minimum atomic E-state index is -0.997. The number of nitrogens with zero attached hydrogens (tertiary/aromatic N) is 1. The Kier molecular flexibility index (Phi) is 5.41. The number of ether oxygens (including phenoxy) is 2. The average molecular weight is 358 g/mol. The highest BCUT2D eigenvalue weighted by molar-refractivity contribution is 5.81. The molecule has 1 unspecified atom stereocenters. The molecule has 1 saturated heterocycles. The van der Waals surface area contributed by atoms with E-state index in [0.29, 0.717) is 35.6 Å². The van der Waals surface area contributed by atoms with E-state index in [4.69, 9.17) is 9.47 Å². The lowest BCUT2D eigenvalue weighted by atomic mass is 9.99. The number of amides is 1. The number of hydrogen-bond acceptors (Lipinski definition) is 5. The fourth-order valence-electron chi connectivity index (χ4n) is 3.29. The SMILES string of the molecule is COc1ccc(CN2CCCC2=O)c(OC)c1-c1cccc([NH+]([O-])O)c1. The van der Waals surface area contributed by atoms with Gasteiger partial charge in [-0.15, -0.1) is 0 Å². The van der Waals surface area contributed by atoms with Gasteiger partial charge in [0.05, 0.1) is 19.8 Å². The van der Waals surface area contributed by atoms with Gasteiger partial charge < -0.3 is 19.6 Å². The summed E-state index contributed by atoms with van der Waals surface area (Å²) in [7, 11) is 3.12. The number of nitrogens with one attached hydrogen (secondary N) is 1. The van der Waals surface area contributed by atoms with Gasteiger partial charge >= 0.3 is 0 Å². The predicted molar refractivity (Wildman–Crippen MR) is 95.4 cm³/mol. The molecule has 2 N–H and O–H groups in total. The number of methoxy groups -OCH3 is 2. The van der Waals surface area contributed by atoms with Gasteiger partial charge in [0, 0.05) is 37.2 Å². The third-order valence-corrected chi connectivity index (χ3v) is 4.56. The Bertz CT molecular complexity index is 807. The maximum absolute atomic E-state index is 12.0. The second kappa shape index (κ2) is 7.74. The van der Waals surface area contributed by atoms with Crippen LogP contribution in [-0.2, 0) is 11.3 Å². The maximum atomic E-state index is 12.0. The zero-order valence-electron chi connectivity index (χ0n) is 14.8. The van der Waals surface area contributed by atoms with E-state index >= 15 is 0 Å². The van der Waals surface area contributed by atoms with Crippen molar-refractivity contribution in [1.82, 2.24) is 4.90 Å². The first-order valence-corrected chi connectivity index (χ1v) is 8.40. The van der Waals surface area contributed by atoms with Gasteiger partial charge in [-0.05, 0) is 24.1 Å². The number of quaternary nitrogens is 1. The highest BCUT2D eigenvalue weighted by Gasteiger charge is 2.24. The third-order valence-electron chi connectivity index (χ3n) is 4.56. The summed E-state index contributed by atoms with van der Waals surface area (Å²) < 4.78 is 11.1. The van der Waals surface area contributed by atoms with Gasteiger partial charge in [-0.25, -0.2) is 5.21 Å². The largest absolute Gasteiger partial charge is 0.595 e. The smallest absolute Gasteiger partial charge is 0.222 e. The Morgan fingerprint density at radius 1 is 1.23 bits per heavy atom. The number of carbonyl (C=O) groups excluding carboxylic acids is 1. The maximum Gasteiger partial charge on any atom is 0.222 e. The van der Waals surface area contributed by atoms with Crippen LogP contribution in [0.5, 0.6) is 11.5 Å². The standard InChI is InChI=1S/C19H22N2O5/c1-25-16-9-8-14(12-20-10-4-7-17(20)22)19(26-2)18(16)13-5-3-6-15(11-13)21(23)24/h3,5-6,8-9,11,21,23H,4,7,10,12H2,1-2H3. The minimum Gasteiger partial charge on any atom is -0.595 e. The zero-order chi connectivity index (χ0) is 18.7. The van der Waals surface area contributed by atoms with Gasteiger partial charge in [-0.1, -0.05) is 12.1 Å². The molecular formula is C19H22N2O5. The first-order chi connectivity index (χ1) is 12.5. The molecule has 1 heterocycles. The van der Waals surface area contributed by atoms with Crippen LogP contribution in [0, 0.1) is 5.21 Å². The molecule has 2 aromatic rings. The molecule has 0 aromatic heterocycles. The first kappa shape index (κ1) is 18.2. The van der Waals surface area contributed by atoms with Crippen LogP contribution >= 0.6 is 0 Å². The van der Waals surface area contributed by atoms with E-state index < -0.39 is 5.23 Å². The summed E-state index contributed by atoms with van der Waals surface area (Å²) in [5.41, 5.74) is 2.42. The molecule has 0 bridgehead atoms. The van der Waals surface area contributed by atoms with Gasteiger partial charge in [-0.3, -0.25) is 4.79 Å². The molecule has 3 rings (SSSR count). The summed E-state index contributed by atoms with van der Waals surface area (Å²) in [6.45, 7) is 1.19. The summed E-state index contributed by atoms with van der Waals surface area (Å²) in [6.07, 6.45) is 1.44. The molecule has 0 saturated carbocycles. The van der Waals surface area contributed by atoms with Gasteiger partial charge in [-0.2, -0.15) is 5.23 Å². The lowest BCUT2D eigenvalue weighted by molar-refractivity contribution is -0.991. The van der Waals surface area contributed by atoms with Crippen LogP contribution in [0.2, 0.25) is 0 Å². The molecule has 1 aliphatic rings. The Morgan fingerprint density at radius 3 is 2.65 bits per heavy atom. The fraction of sp³-hybridized carbons (Fsp3) is 0.316. The summed E-state index contributed by atoms with van der Waals surface area (Å²) in [5, 5.41) is 19.6. The van der Waals surface area contributed by atoms with E-state index in [2.05, 4.69) is 0 Å². The van der Waals surface area contributed by atoms with Crippen molar-refractivity contribution in [2.45, 2.75) is 19.4 Å². The average Bonchev–Trinajstić information content (AvgIpc) is 3.06. The fourth-order valence-corrected chi connectivity index (χ4v) is 3.29. The van der Waals surface area contributed by atoms with Crippen LogP contribution in [0.15, 0.2) is 36.4 Å². The van der Waals surface area contributed by atoms with Crippen molar-refractivity contribution >= 4 is 11.6 Å². The zero-order valence-corrected chi connectivity index (χ0v) is 14.8. The van der Waals surface area contributed by atoms with Crippen LogP contribution in [0.3, 0.4) is 0 Å². The molecule has 138 valence electrons. The predicted octanol–water partition coefficient (Wildman–Crippen LogP) is 1.90. The Hall–Kier alpha value is -2.61. The van der Waals surface area contributed by atoms with E-state index in [1.54, 1.807) is 26.4 Å². The molecule has 1 amide bonds. The summed E-state index contributed by atoms with van der Waals surface area (Å²) in [4.78, 5) is 13.8. The molecule has 0 radical (unpaired) electrons. The van der Waals surface area contributed by atoms with Crippen LogP contribution < -0.4 is 14.7 Å². The summed E-state index contributed by atoms with van der Waals surface area (Å²) in [6, 6.07) is 10.3. The Balaban J connectivity index is 2.09. The molecule has 1 aliphatic heterocycles. The van der Waals surface area contributed by atoms with E-state index in [1.807, 2.05) is 23.1 Å². The summed E-state index contributed by atoms with van der Waals surface area (Å²) >= 11 is 0. The number of carbonyl (C=O) groups is 1. The number of hydrogen-bond donors (Lipinski definition) is 2. The van der Waals surface area contributed by atoms with E-state index in [0.717, 1.165) is 18.5 Å². The Labute approximate surface area is 151 Å².